The average molecular weight is 220 g/mol. The lowest BCUT2D eigenvalue weighted by Gasteiger charge is -2.03. The summed E-state index contributed by atoms with van der Waals surface area (Å²) >= 11 is 0. The molecule has 1 heterocycles. The van der Waals surface area contributed by atoms with Gasteiger partial charge in [0.25, 0.3) is 0 Å². The van der Waals surface area contributed by atoms with Crippen LogP contribution in [0.1, 0.15) is 0 Å². The molecule has 2 N–H and O–H groups in total. The molecule has 14 heavy (non-hydrogen) atoms. The van der Waals surface area contributed by atoms with Crippen molar-refractivity contribution in [1.82, 2.24) is 24.9 Å². The molecular formula is C5H12N6O2S. The van der Waals surface area contributed by atoms with Crippen molar-refractivity contribution in [2.45, 2.75) is 0 Å². The highest BCUT2D eigenvalue weighted by atomic mass is 32.2. The maximum absolute atomic E-state index is 11.0. The van der Waals surface area contributed by atoms with Gasteiger partial charge in [0.2, 0.25) is 16.0 Å². The Hall–Kier alpha value is -1.22. The van der Waals surface area contributed by atoms with E-state index in [1.807, 2.05) is 0 Å². The lowest BCUT2D eigenvalue weighted by atomic mass is 10.7. The van der Waals surface area contributed by atoms with Gasteiger partial charge in [-0.15, -0.1) is 0 Å². The maximum Gasteiger partial charge on any atom is 0.242 e. The van der Waals surface area contributed by atoms with Crippen molar-refractivity contribution in [3.8, 4) is 0 Å². The van der Waals surface area contributed by atoms with Crippen molar-refractivity contribution >= 4 is 16.0 Å². The largest absolute Gasteiger partial charge is 0.352 e. The summed E-state index contributed by atoms with van der Waals surface area (Å²) < 4.78 is 25.6. The average Bonchev–Trinajstić information content (AvgIpc) is 2.52. The van der Waals surface area contributed by atoms with Crippen LogP contribution in [-0.2, 0) is 17.1 Å². The van der Waals surface area contributed by atoms with Crippen LogP contribution in [0.25, 0.3) is 0 Å². The molecule has 0 aromatic carbocycles. The Balaban J connectivity index is 2.40. The van der Waals surface area contributed by atoms with Gasteiger partial charge in [0, 0.05) is 13.6 Å². The fourth-order valence-corrected chi connectivity index (χ4v) is 1.35. The molecule has 0 atom stereocenters. The van der Waals surface area contributed by atoms with Gasteiger partial charge in [-0.05, 0) is 17.5 Å². The summed E-state index contributed by atoms with van der Waals surface area (Å²) in [5, 5.41) is 13.4. The first kappa shape index (κ1) is 10.9. The topological polar surface area (TPSA) is 102 Å². The number of tetrazole rings is 1. The molecule has 0 bridgehead atoms. The van der Waals surface area contributed by atoms with Gasteiger partial charge >= 0.3 is 0 Å². The zero-order chi connectivity index (χ0) is 10.6. The van der Waals surface area contributed by atoms with Crippen molar-refractivity contribution in [1.29, 1.82) is 0 Å². The highest BCUT2D eigenvalue weighted by Crippen LogP contribution is 1.94. The van der Waals surface area contributed by atoms with Gasteiger partial charge in [-0.25, -0.2) is 17.8 Å². The number of nitrogens with zero attached hydrogens (tertiary/aromatic N) is 4. The number of sulfonamides is 1. The summed E-state index contributed by atoms with van der Waals surface area (Å²) in [6.07, 6.45) is 0. The lowest BCUT2D eigenvalue weighted by molar-refractivity contribution is 0.588. The van der Waals surface area contributed by atoms with Crippen molar-refractivity contribution in [3.63, 3.8) is 0 Å². The van der Waals surface area contributed by atoms with Gasteiger partial charge in [0.15, 0.2) is 0 Å². The van der Waals surface area contributed by atoms with Gasteiger partial charge in [-0.3, -0.25) is 0 Å². The number of nitrogens with one attached hydrogen (secondary N) is 2. The molecule has 0 unspecified atom stereocenters. The van der Waals surface area contributed by atoms with E-state index in [0.717, 1.165) is 0 Å². The van der Waals surface area contributed by atoms with E-state index in [1.54, 1.807) is 7.05 Å². The molecule has 0 aliphatic rings. The van der Waals surface area contributed by atoms with Crippen LogP contribution >= 0.6 is 0 Å². The molecular weight excluding hydrogens is 208 g/mol. The zero-order valence-corrected chi connectivity index (χ0v) is 8.74. The van der Waals surface area contributed by atoms with Gasteiger partial charge in [-0.1, -0.05) is 5.10 Å². The summed E-state index contributed by atoms with van der Waals surface area (Å²) in [4.78, 5) is 0. The summed E-state index contributed by atoms with van der Waals surface area (Å²) in [6.45, 7) is 0.261. The van der Waals surface area contributed by atoms with E-state index < -0.39 is 10.0 Å². The number of anilines is 1. The third kappa shape index (κ3) is 2.92. The summed E-state index contributed by atoms with van der Waals surface area (Å²) in [7, 11) is -0.140. The first-order valence-electron chi connectivity index (χ1n) is 3.92. The van der Waals surface area contributed by atoms with E-state index in [2.05, 4.69) is 25.6 Å². The Morgan fingerprint density at radius 3 is 2.71 bits per heavy atom. The van der Waals surface area contributed by atoms with E-state index in [0.29, 0.717) is 5.95 Å². The van der Waals surface area contributed by atoms with Crippen molar-refractivity contribution < 1.29 is 8.42 Å². The maximum atomic E-state index is 11.0. The molecule has 1 aromatic heterocycles. The third-order valence-electron chi connectivity index (χ3n) is 1.59. The van der Waals surface area contributed by atoms with E-state index in [-0.39, 0.29) is 12.3 Å². The molecule has 1 rings (SSSR count). The van der Waals surface area contributed by atoms with Crippen molar-refractivity contribution in [3.05, 3.63) is 0 Å². The number of hydrogen-bond donors (Lipinski definition) is 2. The van der Waals surface area contributed by atoms with E-state index >= 15 is 0 Å². The molecule has 80 valence electrons. The van der Waals surface area contributed by atoms with E-state index in [1.165, 1.54) is 11.7 Å². The quantitative estimate of drug-likeness (QED) is 0.605. The number of aryl methyl sites for hydroxylation is 1. The Kier molecular flexibility index (Phi) is 3.36. The molecule has 0 amide bonds. The van der Waals surface area contributed by atoms with Gasteiger partial charge < -0.3 is 5.32 Å². The molecule has 8 nitrogen and oxygen atoms in total. The van der Waals surface area contributed by atoms with Crippen LogP contribution in [0.4, 0.5) is 5.95 Å². The first-order chi connectivity index (χ1) is 6.55. The normalized spacial score (nSPS) is 11.6. The van der Waals surface area contributed by atoms with Crippen LogP contribution < -0.4 is 10.0 Å². The molecule has 9 heteroatoms. The molecule has 1 aromatic rings. The number of rotatable bonds is 5. The second-order valence-electron chi connectivity index (χ2n) is 2.58. The smallest absolute Gasteiger partial charge is 0.242 e. The van der Waals surface area contributed by atoms with Crippen LogP contribution in [-0.4, -0.2) is 48.0 Å². The van der Waals surface area contributed by atoms with Crippen LogP contribution in [0.2, 0.25) is 0 Å². The predicted octanol–water partition coefficient (Wildman–Crippen LogP) is -1.83. The first-order valence-corrected chi connectivity index (χ1v) is 5.58. The minimum Gasteiger partial charge on any atom is -0.352 e. The molecule has 0 saturated heterocycles. The molecule has 0 radical (unpaired) electrons. The molecule has 0 saturated carbocycles. The number of aromatic nitrogens is 4. The number of hydrogen-bond acceptors (Lipinski definition) is 6. The van der Waals surface area contributed by atoms with Gasteiger partial charge in [-0.2, -0.15) is 0 Å². The van der Waals surface area contributed by atoms with E-state index in [4.69, 9.17) is 0 Å². The molecule has 0 spiro atoms. The minimum atomic E-state index is -3.18. The fourth-order valence-electron chi connectivity index (χ4n) is 0.778. The summed E-state index contributed by atoms with van der Waals surface area (Å²) in [5.74, 6) is 0.424. The summed E-state index contributed by atoms with van der Waals surface area (Å²) in [6, 6.07) is 0. The second kappa shape index (κ2) is 4.33. The summed E-state index contributed by atoms with van der Waals surface area (Å²) in [5.41, 5.74) is 0. The highest BCUT2D eigenvalue weighted by molar-refractivity contribution is 7.89. The SMILES string of the molecule is CNS(=O)(=O)CCNc1nnnn1C. The van der Waals surface area contributed by atoms with Crippen molar-refractivity contribution in [2.75, 3.05) is 24.7 Å². The Labute approximate surface area is 81.7 Å². The molecule has 0 aliphatic heterocycles. The second-order valence-corrected chi connectivity index (χ2v) is 4.62. The lowest BCUT2D eigenvalue weighted by Crippen LogP contribution is -2.26. The predicted molar refractivity (Wildman–Crippen MR) is 50.1 cm³/mol. The molecule has 0 aliphatic carbocycles. The van der Waals surface area contributed by atoms with Crippen LogP contribution in [0.15, 0.2) is 0 Å². The third-order valence-corrected chi connectivity index (χ3v) is 2.95. The molecule has 0 fully saturated rings. The van der Waals surface area contributed by atoms with E-state index in [9.17, 15) is 8.42 Å². The Morgan fingerprint density at radius 2 is 2.21 bits per heavy atom. The Bertz CT molecular complexity index is 385. The van der Waals surface area contributed by atoms with Crippen LogP contribution in [0.5, 0.6) is 0 Å². The Morgan fingerprint density at radius 1 is 1.50 bits per heavy atom. The monoisotopic (exact) mass is 220 g/mol. The fraction of sp³-hybridized carbons (Fsp3) is 0.800. The van der Waals surface area contributed by atoms with Gasteiger partial charge in [0.05, 0.1) is 5.75 Å². The van der Waals surface area contributed by atoms with Crippen molar-refractivity contribution in [2.24, 2.45) is 7.05 Å². The van der Waals surface area contributed by atoms with Crippen LogP contribution in [0.3, 0.4) is 0 Å². The standard InChI is InChI=1S/C5H12N6O2S/c1-6-14(12,13)4-3-7-5-8-9-10-11(5)2/h6H,3-4H2,1-2H3,(H,7,8,10). The zero-order valence-electron chi connectivity index (χ0n) is 7.93. The van der Waals surface area contributed by atoms with Crippen LogP contribution in [0, 0.1) is 0 Å². The van der Waals surface area contributed by atoms with Gasteiger partial charge in [0.1, 0.15) is 0 Å². The minimum absolute atomic E-state index is 0.0175. The highest BCUT2D eigenvalue weighted by Gasteiger charge is 2.07.